The van der Waals surface area contributed by atoms with E-state index in [0.717, 1.165) is 11.4 Å². The van der Waals surface area contributed by atoms with Gasteiger partial charge in [-0.05, 0) is 36.5 Å². The summed E-state index contributed by atoms with van der Waals surface area (Å²) in [6, 6.07) is 6.64. The van der Waals surface area contributed by atoms with Crippen LogP contribution in [0, 0.1) is 13.8 Å². The van der Waals surface area contributed by atoms with E-state index >= 15 is 0 Å². The normalized spacial score (nSPS) is 11.9. The molecule has 102 valence electrons. The van der Waals surface area contributed by atoms with Gasteiger partial charge in [-0.25, -0.2) is 4.98 Å². The Hall–Kier alpha value is -1.77. The number of hydrogen-bond acceptors (Lipinski definition) is 2. The van der Waals surface area contributed by atoms with E-state index in [4.69, 9.17) is 5.73 Å². The number of anilines is 1. The van der Waals surface area contributed by atoms with Crippen LogP contribution < -0.4 is 5.73 Å². The van der Waals surface area contributed by atoms with Crippen molar-refractivity contribution in [3.05, 3.63) is 35.0 Å². The van der Waals surface area contributed by atoms with Gasteiger partial charge in [0.25, 0.3) is 0 Å². The van der Waals surface area contributed by atoms with E-state index in [1.165, 1.54) is 16.7 Å². The number of hydrogen-bond donors (Lipinski definition) is 1. The third-order valence-corrected chi connectivity index (χ3v) is 3.66. The predicted molar refractivity (Wildman–Crippen MR) is 81.2 cm³/mol. The highest BCUT2D eigenvalue weighted by molar-refractivity contribution is 5.69. The summed E-state index contributed by atoms with van der Waals surface area (Å²) in [6.45, 7) is 10.8. The summed E-state index contributed by atoms with van der Waals surface area (Å²) < 4.78 is 1.96. The summed E-state index contributed by atoms with van der Waals surface area (Å²) in [6.07, 6.45) is 0. The van der Waals surface area contributed by atoms with Crippen LogP contribution in [-0.2, 0) is 12.5 Å². The van der Waals surface area contributed by atoms with Crippen LogP contribution in [0.5, 0.6) is 0 Å². The van der Waals surface area contributed by atoms with Crippen molar-refractivity contribution in [1.29, 1.82) is 0 Å². The Kier molecular flexibility index (Phi) is 3.17. The first kappa shape index (κ1) is 13.7. The second-order valence-corrected chi connectivity index (χ2v) is 6.24. The van der Waals surface area contributed by atoms with E-state index in [9.17, 15) is 0 Å². The topological polar surface area (TPSA) is 43.8 Å². The molecule has 0 aliphatic carbocycles. The van der Waals surface area contributed by atoms with Crippen molar-refractivity contribution >= 4 is 5.95 Å². The molecule has 0 radical (unpaired) electrons. The molecule has 0 amide bonds. The van der Waals surface area contributed by atoms with Gasteiger partial charge in [0.1, 0.15) is 0 Å². The molecule has 0 unspecified atom stereocenters. The van der Waals surface area contributed by atoms with Gasteiger partial charge >= 0.3 is 0 Å². The van der Waals surface area contributed by atoms with Gasteiger partial charge in [0.2, 0.25) is 5.95 Å². The lowest BCUT2D eigenvalue weighted by Gasteiger charge is -2.21. The minimum atomic E-state index is 0.139. The van der Waals surface area contributed by atoms with Crippen LogP contribution in [-0.4, -0.2) is 9.55 Å². The quantitative estimate of drug-likeness (QED) is 0.848. The summed E-state index contributed by atoms with van der Waals surface area (Å²) >= 11 is 0. The Morgan fingerprint density at radius 2 is 1.79 bits per heavy atom. The van der Waals surface area contributed by atoms with Gasteiger partial charge in [-0.1, -0.05) is 32.9 Å². The van der Waals surface area contributed by atoms with Gasteiger partial charge in [-0.3, -0.25) is 0 Å². The molecule has 19 heavy (non-hydrogen) atoms. The van der Waals surface area contributed by atoms with E-state index < -0.39 is 0 Å². The van der Waals surface area contributed by atoms with Crippen molar-refractivity contribution in [2.45, 2.75) is 40.0 Å². The maximum absolute atomic E-state index is 5.90. The van der Waals surface area contributed by atoms with Gasteiger partial charge in [0, 0.05) is 12.6 Å². The fourth-order valence-electron chi connectivity index (χ4n) is 2.38. The Morgan fingerprint density at radius 1 is 1.16 bits per heavy atom. The molecule has 0 spiro atoms. The molecule has 3 nitrogen and oxygen atoms in total. The van der Waals surface area contributed by atoms with Gasteiger partial charge in [-0.2, -0.15) is 0 Å². The van der Waals surface area contributed by atoms with Crippen LogP contribution in [0.1, 0.15) is 37.6 Å². The van der Waals surface area contributed by atoms with Crippen molar-refractivity contribution < 1.29 is 0 Å². The number of aryl methyl sites for hydroxylation is 2. The number of nitrogen functional groups attached to an aromatic ring is 1. The van der Waals surface area contributed by atoms with Crippen LogP contribution in [0.2, 0.25) is 0 Å². The van der Waals surface area contributed by atoms with Gasteiger partial charge < -0.3 is 10.3 Å². The predicted octanol–water partition coefficient (Wildman–Crippen LogP) is 3.58. The molecule has 2 aromatic rings. The van der Waals surface area contributed by atoms with Gasteiger partial charge in [0.05, 0.1) is 11.4 Å². The third-order valence-electron chi connectivity index (χ3n) is 3.66. The minimum absolute atomic E-state index is 0.139. The Balaban J connectivity index is 2.68. The monoisotopic (exact) mass is 257 g/mol. The van der Waals surface area contributed by atoms with Gasteiger partial charge in [0.15, 0.2) is 0 Å². The Morgan fingerprint density at radius 3 is 2.26 bits per heavy atom. The first-order valence-corrected chi connectivity index (χ1v) is 6.62. The molecule has 1 aromatic heterocycles. The van der Waals surface area contributed by atoms with Crippen LogP contribution in [0.3, 0.4) is 0 Å². The zero-order valence-electron chi connectivity index (χ0n) is 12.7. The van der Waals surface area contributed by atoms with E-state index in [2.05, 4.69) is 50.9 Å². The lowest BCUT2D eigenvalue weighted by Crippen LogP contribution is -2.11. The number of imidazole rings is 1. The molecule has 0 aliphatic rings. The summed E-state index contributed by atoms with van der Waals surface area (Å²) in [5.74, 6) is 0.563. The minimum Gasteiger partial charge on any atom is -0.369 e. The van der Waals surface area contributed by atoms with Crippen LogP contribution in [0.15, 0.2) is 18.2 Å². The van der Waals surface area contributed by atoms with E-state index in [1.54, 1.807) is 0 Å². The highest BCUT2D eigenvalue weighted by Gasteiger charge is 2.18. The fraction of sp³-hybridized carbons (Fsp3) is 0.438. The highest BCUT2D eigenvalue weighted by Crippen LogP contribution is 2.32. The molecule has 0 atom stereocenters. The average Bonchev–Trinajstić information content (AvgIpc) is 2.53. The van der Waals surface area contributed by atoms with Crippen LogP contribution in [0.25, 0.3) is 11.3 Å². The molecular weight excluding hydrogens is 234 g/mol. The number of nitrogens with two attached hydrogens (primary N) is 1. The van der Waals surface area contributed by atoms with Crippen molar-refractivity contribution in [2.24, 2.45) is 7.05 Å². The average molecular weight is 257 g/mol. The molecular formula is C16H23N3. The molecule has 0 saturated carbocycles. The Labute approximate surface area is 115 Å². The van der Waals surface area contributed by atoms with Crippen molar-refractivity contribution in [2.75, 3.05) is 5.73 Å². The van der Waals surface area contributed by atoms with E-state index in [1.807, 2.05) is 18.5 Å². The molecule has 0 aliphatic heterocycles. The third kappa shape index (κ3) is 2.37. The van der Waals surface area contributed by atoms with Crippen molar-refractivity contribution in [1.82, 2.24) is 9.55 Å². The lowest BCUT2D eigenvalue weighted by molar-refractivity contribution is 0.590. The largest absolute Gasteiger partial charge is 0.369 e. The molecule has 0 fully saturated rings. The maximum Gasteiger partial charge on any atom is 0.200 e. The summed E-state index contributed by atoms with van der Waals surface area (Å²) in [4.78, 5) is 4.36. The van der Waals surface area contributed by atoms with E-state index in [0.29, 0.717) is 5.95 Å². The number of nitrogens with zero attached hydrogens (tertiary/aromatic N) is 2. The molecule has 1 aromatic carbocycles. The number of rotatable bonds is 1. The van der Waals surface area contributed by atoms with Crippen molar-refractivity contribution in [3.8, 4) is 11.3 Å². The smallest absolute Gasteiger partial charge is 0.200 e. The SMILES string of the molecule is Cc1ccc(C(C)(C)C)cc1-c1c(C)nc(N)n1C. The van der Waals surface area contributed by atoms with Gasteiger partial charge in [-0.15, -0.1) is 0 Å². The van der Waals surface area contributed by atoms with Crippen molar-refractivity contribution in [3.63, 3.8) is 0 Å². The zero-order valence-corrected chi connectivity index (χ0v) is 12.7. The molecule has 0 saturated heterocycles. The Bertz CT molecular complexity index is 616. The maximum atomic E-state index is 5.90. The molecule has 2 N–H and O–H groups in total. The molecule has 1 heterocycles. The first-order valence-electron chi connectivity index (χ1n) is 6.62. The summed E-state index contributed by atoms with van der Waals surface area (Å²) in [5.41, 5.74) is 11.9. The standard InChI is InChI=1S/C16H23N3/c1-10-7-8-12(16(3,4)5)9-13(10)14-11(2)18-15(17)19(14)6/h7-9H,1-6H3,(H2,17,18). The second kappa shape index (κ2) is 4.41. The molecule has 2 rings (SSSR count). The van der Waals surface area contributed by atoms with Crippen LogP contribution >= 0.6 is 0 Å². The van der Waals surface area contributed by atoms with E-state index in [-0.39, 0.29) is 5.41 Å². The number of aromatic nitrogens is 2. The number of benzene rings is 1. The first-order chi connectivity index (χ1) is 8.71. The fourth-order valence-corrected chi connectivity index (χ4v) is 2.38. The summed E-state index contributed by atoms with van der Waals surface area (Å²) in [7, 11) is 1.97. The van der Waals surface area contributed by atoms with Crippen LogP contribution in [0.4, 0.5) is 5.95 Å². The highest BCUT2D eigenvalue weighted by atomic mass is 15.1. The zero-order chi connectivity index (χ0) is 14.4. The molecule has 0 bridgehead atoms. The summed E-state index contributed by atoms with van der Waals surface area (Å²) in [5, 5.41) is 0. The molecule has 3 heteroatoms. The lowest BCUT2D eigenvalue weighted by atomic mass is 9.85. The second-order valence-electron chi connectivity index (χ2n) is 6.24.